The molecule has 5 nitrogen and oxygen atoms in total. The molecule has 0 spiro atoms. The Bertz CT molecular complexity index is 781. The maximum Gasteiger partial charge on any atom is 0.242 e. The van der Waals surface area contributed by atoms with Gasteiger partial charge in [-0.15, -0.1) is 11.8 Å². The third-order valence-corrected chi connectivity index (χ3v) is 5.32. The maximum atomic E-state index is 13.1. The lowest BCUT2D eigenvalue weighted by Gasteiger charge is -2.28. The average molecular weight is 405 g/mol. The van der Waals surface area contributed by atoms with Crippen molar-refractivity contribution in [3.8, 4) is 5.75 Å². The lowest BCUT2D eigenvalue weighted by atomic mass is 10.1. The largest absolute Gasteiger partial charge is 0.497 e. The van der Waals surface area contributed by atoms with E-state index in [1.165, 1.54) is 35.8 Å². The van der Waals surface area contributed by atoms with Crippen LogP contribution in [-0.2, 0) is 21.9 Å². The second-order valence-electron chi connectivity index (χ2n) is 6.28. The summed E-state index contributed by atoms with van der Waals surface area (Å²) in [5.74, 6) is 0.989. The van der Waals surface area contributed by atoms with Crippen LogP contribution in [0, 0.1) is 5.82 Å². The number of nitrogens with zero attached hydrogens (tertiary/aromatic N) is 1. The molecule has 2 rings (SSSR count). The number of carbonyl (C=O) groups excluding carboxylic acids is 2. The topological polar surface area (TPSA) is 58.6 Å². The Morgan fingerprint density at radius 3 is 2.29 bits per heavy atom. The fourth-order valence-corrected chi connectivity index (χ4v) is 3.51. The van der Waals surface area contributed by atoms with E-state index in [0.717, 1.165) is 16.9 Å². The van der Waals surface area contributed by atoms with E-state index < -0.39 is 6.04 Å². The van der Waals surface area contributed by atoms with Crippen LogP contribution >= 0.6 is 11.8 Å². The van der Waals surface area contributed by atoms with Crippen molar-refractivity contribution >= 4 is 23.6 Å². The molecule has 0 saturated carbocycles. The van der Waals surface area contributed by atoms with Crippen LogP contribution in [0.15, 0.2) is 48.5 Å². The summed E-state index contributed by atoms with van der Waals surface area (Å²) < 4.78 is 18.3. The highest BCUT2D eigenvalue weighted by molar-refractivity contribution is 7.99. The van der Waals surface area contributed by atoms with Crippen molar-refractivity contribution in [3.05, 3.63) is 65.5 Å². The van der Waals surface area contributed by atoms with E-state index in [9.17, 15) is 14.0 Å². The fraction of sp³-hybridized carbons (Fsp3) is 0.333. The van der Waals surface area contributed by atoms with Crippen LogP contribution in [0.4, 0.5) is 4.39 Å². The minimum Gasteiger partial charge on any atom is -0.497 e. The Balaban J connectivity index is 2.00. The van der Waals surface area contributed by atoms with Gasteiger partial charge in [-0.05, 0) is 42.3 Å². The quantitative estimate of drug-likeness (QED) is 0.697. The third kappa shape index (κ3) is 6.27. The first-order chi connectivity index (χ1) is 13.4. The summed E-state index contributed by atoms with van der Waals surface area (Å²) >= 11 is 1.48. The van der Waals surface area contributed by atoms with Gasteiger partial charge in [0.2, 0.25) is 11.8 Å². The summed E-state index contributed by atoms with van der Waals surface area (Å²) in [6, 6.07) is 13.0. The van der Waals surface area contributed by atoms with Crippen LogP contribution in [0.2, 0.25) is 0 Å². The number of hydrogen-bond donors (Lipinski definition) is 1. The lowest BCUT2D eigenvalue weighted by Crippen LogP contribution is -2.47. The monoisotopic (exact) mass is 404 g/mol. The van der Waals surface area contributed by atoms with Crippen molar-refractivity contribution in [2.75, 3.05) is 19.9 Å². The number of benzene rings is 2. The van der Waals surface area contributed by atoms with Crippen molar-refractivity contribution < 1.29 is 18.7 Å². The molecule has 0 aromatic heterocycles. The van der Waals surface area contributed by atoms with Gasteiger partial charge >= 0.3 is 0 Å². The minimum absolute atomic E-state index is 0.140. The Morgan fingerprint density at radius 2 is 1.71 bits per heavy atom. The van der Waals surface area contributed by atoms with Gasteiger partial charge in [0.15, 0.2) is 0 Å². The molecule has 2 aromatic carbocycles. The number of nitrogens with one attached hydrogen (secondary N) is 1. The number of likely N-dealkylation sites (N-methyl/N-ethyl adjacent to an activating group) is 1. The predicted molar refractivity (Wildman–Crippen MR) is 110 cm³/mol. The number of ether oxygens (including phenoxy) is 1. The van der Waals surface area contributed by atoms with Crippen molar-refractivity contribution in [2.45, 2.75) is 25.3 Å². The number of amides is 2. The Hall–Kier alpha value is -2.54. The van der Waals surface area contributed by atoms with Gasteiger partial charge in [-0.25, -0.2) is 4.39 Å². The number of thioether (sulfide) groups is 1. The van der Waals surface area contributed by atoms with Crippen LogP contribution in [0.25, 0.3) is 0 Å². The first-order valence-corrected chi connectivity index (χ1v) is 10.1. The summed E-state index contributed by atoms with van der Waals surface area (Å²) in [7, 11) is 3.16. The van der Waals surface area contributed by atoms with E-state index >= 15 is 0 Å². The molecule has 0 fully saturated rings. The molecule has 28 heavy (non-hydrogen) atoms. The highest BCUT2D eigenvalue weighted by atomic mass is 32.2. The second-order valence-corrected chi connectivity index (χ2v) is 7.26. The molecule has 0 radical (unpaired) electrons. The summed E-state index contributed by atoms with van der Waals surface area (Å²) in [4.78, 5) is 26.4. The number of halogens is 1. The fourth-order valence-electron chi connectivity index (χ4n) is 2.64. The third-order valence-electron chi connectivity index (χ3n) is 4.33. The van der Waals surface area contributed by atoms with E-state index in [-0.39, 0.29) is 29.9 Å². The highest BCUT2D eigenvalue weighted by Crippen LogP contribution is 2.18. The van der Waals surface area contributed by atoms with Gasteiger partial charge < -0.3 is 15.0 Å². The number of carbonyl (C=O) groups is 2. The lowest BCUT2D eigenvalue weighted by molar-refractivity contribution is -0.138. The van der Waals surface area contributed by atoms with E-state index in [4.69, 9.17) is 4.74 Å². The van der Waals surface area contributed by atoms with Gasteiger partial charge in [0.1, 0.15) is 17.6 Å². The van der Waals surface area contributed by atoms with Crippen LogP contribution < -0.4 is 10.1 Å². The number of methoxy groups -OCH3 is 1. The van der Waals surface area contributed by atoms with Gasteiger partial charge in [0.25, 0.3) is 0 Å². The SMILES string of the molecule is CNC(=O)[C@H](C)N(Cc1ccc(F)cc1)C(=O)CSCc1ccc(OC)cc1. The van der Waals surface area contributed by atoms with Gasteiger partial charge in [-0.2, -0.15) is 0 Å². The zero-order valence-corrected chi connectivity index (χ0v) is 17.1. The van der Waals surface area contributed by atoms with E-state index in [2.05, 4.69) is 5.32 Å². The van der Waals surface area contributed by atoms with Gasteiger partial charge in [0.05, 0.1) is 12.9 Å². The molecule has 0 unspecified atom stereocenters. The van der Waals surface area contributed by atoms with Crippen LogP contribution in [0.3, 0.4) is 0 Å². The number of hydrogen-bond acceptors (Lipinski definition) is 4. The Labute approximate surface area is 169 Å². The van der Waals surface area contributed by atoms with Crippen molar-refractivity contribution in [1.82, 2.24) is 10.2 Å². The minimum atomic E-state index is -0.621. The van der Waals surface area contributed by atoms with Crippen molar-refractivity contribution in [2.24, 2.45) is 0 Å². The molecule has 0 heterocycles. The Kier molecular flexibility index (Phi) is 8.32. The zero-order valence-electron chi connectivity index (χ0n) is 16.3. The standard InChI is InChI=1S/C21H25FN2O3S/c1-15(21(26)23-2)24(12-16-4-8-18(22)9-5-16)20(25)14-28-13-17-6-10-19(27-3)11-7-17/h4-11,15H,12-14H2,1-3H3,(H,23,26)/t15-/m0/s1. The zero-order chi connectivity index (χ0) is 20.5. The van der Waals surface area contributed by atoms with Crippen molar-refractivity contribution in [1.29, 1.82) is 0 Å². The van der Waals surface area contributed by atoms with Crippen LogP contribution in [-0.4, -0.2) is 42.7 Å². The normalized spacial score (nSPS) is 11.6. The molecule has 2 amide bonds. The van der Waals surface area contributed by atoms with E-state index in [0.29, 0.717) is 5.75 Å². The molecule has 0 aliphatic heterocycles. The van der Waals surface area contributed by atoms with Crippen LogP contribution in [0.1, 0.15) is 18.1 Å². The molecular formula is C21H25FN2O3S. The summed E-state index contributed by atoms with van der Waals surface area (Å²) in [6.45, 7) is 1.94. The summed E-state index contributed by atoms with van der Waals surface area (Å²) in [5.41, 5.74) is 1.86. The highest BCUT2D eigenvalue weighted by Gasteiger charge is 2.25. The molecular weight excluding hydrogens is 379 g/mol. The first kappa shape index (κ1) is 21.8. The molecule has 2 aromatic rings. The smallest absolute Gasteiger partial charge is 0.242 e. The molecule has 0 bridgehead atoms. The van der Waals surface area contributed by atoms with Gasteiger partial charge in [-0.3, -0.25) is 9.59 Å². The second kappa shape index (κ2) is 10.7. The Morgan fingerprint density at radius 1 is 1.11 bits per heavy atom. The molecule has 1 N–H and O–H groups in total. The number of rotatable bonds is 9. The van der Waals surface area contributed by atoms with Crippen LogP contribution in [0.5, 0.6) is 5.75 Å². The molecule has 0 saturated heterocycles. The first-order valence-electron chi connectivity index (χ1n) is 8.90. The molecule has 0 aliphatic carbocycles. The molecule has 1 atom stereocenters. The maximum absolute atomic E-state index is 13.1. The van der Waals surface area contributed by atoms with Gasteiger partial charge in [-0.1, -0.05) is 24.3 Å². The molecule has 0 aliphatic rings. The summed E-state index contributed by atoms with van der Waals surface area (Å²) in [5, 5.41) is 2.58. The van der Waals surface area contributed by atoms with E-state index in [1.807, 2.05) is 24.3 Å². The predicted octanol–water partition coefficient (Wildman–Crippen LogP) is 3.23. The average Bonchev–Trinajstić information content (AvgIpc) is 2.72. The van der Waals surface area contributed by atoms with Gasteiger partial charge in [0, 0.05) is 19.3 Å². The van der Waals surface area contributed by atoms with Crippen molar-refractivity contribution in [3.63, 3.8) is 0 Å². The summed E-state index contributed by atoms with van der Waals surface area (Å²) in [6.07, 6.45) is 0. The molecule has 7 heteroatoms. The van der Waals surface area contributed by atoms with E-state index in [1.54, 1.807) is 26.2 Å². The molecule has 150 valence electrons.